The van der Waals surface area contributed by atoms with Gasteiger partial charge in [0.05, 0.1) is 45.4 Å². The number of esters is 1. The molecule has 0 radical (unpaired) electrons. The molecule has 0 aromatic heterocycles. The maximum absolute atomic E-state index is 12.4. The van der Waals surface area contributed by atoms with E-state index < -0.39 is 53.3 Å². The lowest BCUT2D eigenvalue weighted by Crippen LogP contribution is -2.48. The second kappa shape index (κ2) is 16.4. The van der Waals surface area contributed by atoms with Crippen LogP contribution in [0, 0.1) is 0 Å². The normalized spacial score (nSPS) is 21.8. The first-order valence-corrected chi connectivity index (χ1v) is 14.0. The van der Waals surface area contributed by atoms with E-state index in [2.05, 4.69) is 10.1 Å². The van der Waals surface area contributed by atoms with Crippen molar-refractivity contribution >= 4 is 35.8 Å². The second-order valence-electron chi connectivity index (χ2n) is 12.2. The number of hydrogen-bond acceptors (Lipinski definition) is 11. The van der Waals surface area contributed by atoms with Gasteiger partial charge in [-0.1, -0.05) is 0 Å². The molecule has 15 heteroatoms. The summed E-state index contributed by atoms with van der Waals surface area (Å²) in [5.41, 5.74) is -1.32. The van der Waals surface area contributed by atoms with Crippen LogP contribution < -0.4 is 5.32 Å². The summed E-state index contributed by atoms with van der Waals surface area (Å²) in [6.07, 6.45) is -1.18. The van der Waals surface area contributed by atoms with Crippen molar-refractivity contribution in [2.75, 3.05) is 41.0 Å². The molecule has 2 aliphatic rings. The number of nitrogens with zero attached hydrogens (tertiary/aromatic N) is 2. The van der Waals surface area contributed by atoms with Gasteiger partial charge in [-0.15, -0.1) is 0 Å². The summed E-state index contributed by atoms with van der Waals surface area (Å²) in [4.78, 5) is 72.9. The lowest BCUT2D eigenvalue weighted by Gasteiger charge is -2.27. The third kappa shape index (κ3) is 13.2. The molecule has 0 aromatic rings. The highest BCUT2D eigenvalue weighted by molar-refractivity contribution is 5.91. The van der Waals surface area contributed by atoms with Crippen molar-refractivity contribution in [1.29, 1.82) is 0 Å². The number of rotatable bonds is 9. The van der Waals surface area contributed by atoms with Crippen LogP contribution in [0.25, 0.3) is 0 Å². The summed E-state index contributed by atoms with van der Waals surface area (Å²) >= 11 is 0. The van der Waals surface area contributed by atoms with Crippen LogP contribution in [0.3, 0.4) is 0 Å². The average Bonchev–Trinajstić information content (AvgIpc) is 3.54. The number of carbonyl (C=O) groups is 6. The van der Waals surface area contributed by atoms with Crippen LogP contribution in [-0.2, 0) is 42.9 Å². The van der Waals surface area contributed by atoms with Crippen molar-refractivity contribution in [2.24, 2.45) is 0 Å². The Morgan fingerprint density at radius 3 is 1.58 bits per heavy atom. The van der Waals surface area contributed by atoms with E-state index in [1.807, 2.05) is 0 Å². The number of carbonyl (C=O) groups excluding carboxylic acids is 5. The van der Waals surface area contributed by atoms with Crippen molar-refractivity contribution in [3.05, 3.63) is 0 Å². The molecule has 2 aliphatic heterocycles. The Morgan fingerprint density at radius 1 is 0.744 bits per heavy atom. The Morgan fingerprint density at radius 2 is 1.19 bits per heavy atom. The Labute approximate surface area is 252 Å². The van der Waals surface area contributed by atoms with E-state index in [-0.39, 0.29) is 50.5 Å². The van der Waals surface area contributed by atoms with Gasteiger partial charge in [0.25, 0.3) is 0 Å². The molecule has 2 heterocycles. The molecule has 2 N–H and O–H groups in total. The van der Waals surface area contributed by atoms with Crippen molar-refractivity contribution in [3.63, 3.8) is 0 Å². The SMILES string of the molecule is COC(=O)CCC(=O)CNC(=O)[C@@H]1C[C@@H](OC)CN1C(=O)OC(C)(C)C.CO[C@@H]1C[C@@H](C(=O)O)N(C(=O)OC(C)(C)C)C1. The maximum atomic E-state index is 12.4. The molecule has 0 aliphatic carbocycles. The zero-order valence-corrected chi connectivity index (χ0v) is 26.6. The van der Waals surface area contributed by atoms with E-state index in [1.165, 1.54) is 31.1 Å². The molecule has 246 valence electrons. The highest BCUT2D eigenvalue weighted by Gasteiger charge is 2.42. The van der Waals surface area contributed by atoms with Crippen molar-refractivity contribution in [3.8, 4) is 0 Å². The van der Waals surface area contributed by atoms with Gasteiger partial charge in [-0.2, -0.15) is 0 Å². The Hall–Kier alpha value is -3.46. The molecule has 43 heavy (non-hydrogen) atoms. The number of carboxylic acids is 1. The number of nitrogens with one attached hydrogen (secondary N) is 1. The smallest absolute Gasteiger partial charge is 0.411 e. The van der Waals surface area contributed by atoms with Crippen LogP contribution in [0.1, 0.15) is 67.2 Å². The van der Waals surface area contributed by atoms with Crippen molar-refractivity contribution < 1.29 is 57.6 Å². The van der Waals surface area contributed by atoms with Gasteiger partial charge in [-0.25, -0.2) is 14.4 Å². The summed E-state index contributed by atoms with van der Waals surface area (Å²) < 4.78 is 25.3. The van der Waals surface area contributed by atoms with Crippen LogP contribution in [0.5, 0.6) is 0 Å². The van der Waals surface area contributed by atoms with Gasteiger partial charge in [0, 0.05) is 33.5 Å². The Kier molecular flexibility index (Phi) is 14.3. The largest absolute Gasteiger partial charge is 0.480 e. The van der Waals surface area contributed by atoms with E-state index in [9.17, 15) is 28.8 Å². The summed E-state index contributed by atoms with van der Waals surface area (Å²) in [6.45, 7) is 10.7. The van der Waals surface area contributed by atoms with E-state index in [1.54, 1.807) is 41.5 Å². The van der Waals surface area contributed by atoms with Crippen LogP contribution in [0.2, 0.25) is 0 Å². The molecule has 0 saturated carbocycles. The van der Waals surface area contributed by atoms with Crippen LogP contribution in [0.15, 0.2) is 0 Å². The highest BCUT2D eigenvalue weighted by atomic mass is 16.6. The summed E-state index contributed by atoms with van der Waals surface area (Å²) in [6, 6.07) is -1.64. The molecule has 0 spiro atoms. The minimum Gasteiger partial charge on any atom is -0.480 e. The fourth-order valence-electron chi connectivity index (χ4n) is 4.20. The number of likely N-dealkylation sites (tertiary alicyclic amines) is 2. The van der Waals surface area contributed by atoms with Crippen LogP contribution in [0.4, 0.5) is 9.59 Å². The number of aliphatic carboxylic acids is 1. The number of ether oxygens (including phenoxy) is 5. The van der Waals surface area contributed by atoms with Gasteiger partial charge in [0.15, 0.2) is 5.78 Å². The predicted molar refractivity (Wildman–Crippen MR) is 151 cm³/mol. The zero-order valence-electron chi connectivity index (χ0n) is 26.6. The standard InChI is InChI=1S/C17H28N2O7.C11H19NO5/c1-17(2,3)26-16(23)19-10-12(24-4)8-13(19)15(22)18-9-11(20)6-7-14(21)25-5;1-11(2,3)17-10(15)12-6-7(16-4)5-8(12)9(13)14/h12-13H,6-10H2,1-5H3,(H,18,22);7-8H,5-6H2,1-4H3,(H,13,14)/t12-,13+;7-,8+/m11/s1. The van der Waals surface area contributed by atoms with Crippen LogP contribution >= 0.6 is 0 Å². The number of ketones is 1. The van der Waals surface area contributed by atoms with E-state index in [0.29, 0.717) is 12.8 Å². The minimum absolute atomic E-state index is 0.0197. The number of hydrogen-bond donors (Lipinski definition) is 2. The Balaban J connectivity index is 0.000000469. The minimum atomic E-state index is -1.03. The first-order chi connectivity index (χ1) is 19.8. The molecule has 3 amide bonds. The van der Waals surface area contributed by atoms with Crippen molar-refractivity contribution in [1.82, 2.24) is 15.1 Å². The lowest BCUT2D eigenvalue weighted by atomic mass is 10.1. The molecule has 0 aromatic carbocycles. The van der Waals surface area contributed by atoms with Crippen LogP contribution in [-0.4, -0.2) is 127 Å². The van der Waals surface area contributed by atoms with Gasteiger partial charge >= 0.3 is 24.1 Å². The monoisotopic (exact) mass is 617 g/mol. The average molecular weight is 618 g/mol. The predicted octanol–water partition coefficient (Wildman–Crippen LogP) is 1.74. The number of Topliss-reactive ketones (excluding diaryl/α,β-unsaturated/α-hetero) is 1. The first kappa shape index (κ1) is 37.6. The molecule has 2 saturated heterocycles. The third-order valence-corrected chi connectivity index (χ3v) is 6.33. The molecule has 2 rings (SSSR count). The highest BCUT2D eigenvalue weighted by Crippen LogP contribution is 2.24. The fourth-order valence-corrected chi connectivity index (χ4v) is 4.20. The lowest BCUT2D eigenvalue weighted by molar-refractivity contribution is -0.142. The second-order valence-corrected chi connectivity index (χ2v) is 12.2. The molecule has 15 nitrogen and oxygen atoms in total. The van der Waals surface area contributed by atoms with Gasteiger partial charge in [0.1, 0.15) is 23.3 Å². The third-order valence-electron chi connectivity index (χ3n) is 6.33. The molecule has 2 fully saturated rings. The van der Waals surface area contributed by atoms with Crippen molar-refractivity contribution in [2.45, 2.75) is 103 Å². The topological polar surface area (TPSA) is 187 Å². The van der Waals surface area contributed by atoms with E-state index in [0.717, 1.165) is 0 Å². The Bertz CT molecular complexity index is 1000. The molecule has 4 atom stereocenters. The van der Waals surface area contributed by atoms with Gasteiger partial charge in [0.2, 0.25) is 5.91 Å². The fraction of sp³-hybridized carbons (Fsp3) is 0.786. The maximum Gasteiger partial charge on any atom is 0.411 e. The first-order valence-electron chi connectivity index (χ1n) is 14.0. The van der Waals surface area contributed by atoms with Gasteiger partial charge in [-0.05, 0) is 41.5 Å². The van der Waals surface area contributed by atoms with Gasteiger partial charge < -0.3 is 34.1 Å². The van der Waals surface area contributed by atoms with Gasteiger partial charge in [-0.3, -0.25) is 24.2 Å². The zero-order chi connectivity index (χ0) is 33.1. The quantitative estimate of drug-likeness (QED) is 0.282. The summed E-state index contributed by atoms with van der Waals surface area (Å²) in [5, 5.41) is 11.6. The van der Waals surface area contributed by atoms with E-state index in [4.69, 9.17) is 24.1 Å². The number of amides is 3. The molecular formula is C28H47N3O12. The number of carboxylic acid groups (broad SMARTS) is 1. The van der Waals surface area contributed by atoms with E-state index >= 15 is 0 Å². The molecule has 0 bridgehead atoms. The summed E-state index contributed by atoms with van der Waals surface area (Å²) in [7, 11) is 4.25. The molecular weight excluding hydrogens is 570 g/mol. The summed E-state index contributed by atoms with van der Waals surface area (Å²) in [5.74, 6) is -2.27. The molecule has 0 unspecified atom stereocenters. The number of methoxy groups -OCH3 is 3.